The standard InChI is InChI=1S/C22H20O14/c1-32-10-3-2-7(19-16(27)14(25)13-9(24)5-8(23)6-12(13)33-19)4-11(10)34-20-17(28)15(26)18(29)21(35-20)36-22(30)31/h2-6,15,17-18,20-21,23-24,26-29H,1H3,(H,30,31). The van der Waals surface area contributed by atoms with Crippen molar-refractivity contribution in [1.82, 2.24) is 0 Å². The average Bonchev–Trinajstić information content (AvgIpc) is 2.82. The number of fused-ring (bicyclic) bond motifs is 1. The summed E-state index contributed by atoms with van der Waals surface area (Å²) in [5.41, 5.74) is -1.19. The van der Waals surface area contributed by atoms with E-state index in [1.165, 1.54) is 25.3 Å². The number of methoxy groups -OCH3 is 1. The third-order valence-corrected chi connectivity index (χ3v) is 5.35. The molecule has 1 aliphatic heterocycles. The van der Waals surface area contributed by atoms with Crippen LogP contribution < -0.4 is 14.9 Å². The average molecular weight is 508 g/mol. The van der Waals surface area contributed by atoms with E-state index in [0.717, 1.165) is 12.1 Å². The van der Waals surface area contributed by atoms with Gasteiger partial charge in [-0.3, -0.25) is 9.53 Å². The summed E-state index contributed by atoms with van der Waals surface area (Å²) in [6.45, 7) is 0. The Morgan fingerprint density at radius 3 is 2.31 bits per heavy atom. The first kappa shape index (κ1) is 24.9. The van der Waals surface area contributed by atoms with E-state index in [2.05, 4.69) is 4.74 Å². The number of hydrogen-bond donors (Lipinski definition) is 7. The number of phenols is 2. The molecule has 14 nitrogen and oxygen atoms in total. The van der Waals surface area contributed by atoms with Gasteiger partial charge in [-0.05, 0) is 18.2 Å². The normalized spacial score (nSPS) is 23.8. The largest absolute Gasteiger partial charge is 0.508 e. The van der Waals surface area contributed by atoms with Gasteiger partial charge >= 0.3 is 6.16 Å². The Bertz CT molecular complexity index is 1370. The molecule has 5 atom stereocenters. The van der Waals surface area contributed by atoms with Gasteiger partial charge in [-0.25, -0.2) is 4.79 Å². The van der Waals surface area contributed by atoms with Gasteiger partial charge in [0.05, 0.1) is 7.11 Å². The summed E-state index contributed by atoms with van der Waals surface area (Å²) in [6.07, 6.45) is -11.2. The summed E-state index contributed by atoms with van der Waals surface area (Å²) in [7, 11) is 1.27. The molecule has 0 amide bonds. The van der Waals surface area contributed by atoms with Gasteiger partial charge in [-0.1, -0.05) is 0 Å². The molecule has 3 aromatic rings. The zero-order valence-electron chi connectivity index (χ0n) is 18.3. The highest BCUT2D eigenvalue weighted by Gasteiger charge is 2.47. The molecule has 7 N–H and O–H groups in total. The van der Waals surface area contributed by atoms with Crippen molar-refractivity contribution in [3.8, 4) is 40.1 Å². The Kier molecular flexibility index (Phi) is 6.51. The quantitative estimate of drug-likeness (QED) is 0.232. The van der Waals surface area contributed by atoms with E-state index in [-0.39, 0.29) is 33.8 Å². The Morgan fingerprint density at radius 2 is 1.64 bits per heavy atom. The van der Waals surface area contributed by atoms with Gasteiger partial charge in [-0.15, -0.1) is 0 Å². The maximum absolute atomic E-state index is 12.6. The number of ether oxygens (including phenoxy) is 4. The number of aromatic hydroxyl groups is 3. The summed E-state index contributed by atoms with van der Waals surface area (Å²) >= 11 is 0. The Morgan fingerprint density at radius 1 is 0.944 bits per heavy atom. The van der Waals surface area contributed by atoms with Crippen LogP contribution in [0.2, 0.25) is 0 Å². The Labute approximate surface area is 200 Å². The topological polar surface area (TPSA) is 226 Å². The third kappa shape index (κ3) is 4.40. The van der Waals surface area contributed by atoms with Crippen molar-refractivity contribution in [2.24, 2.45) is 0 Å². The first-order chi connectivity index (χ1) is 17.0. The van der Waals surface area contributed by atoms with Crippen molar-refractivity contribution >= 4 is 17.1 Å². The lowest BCUT2D eigenvalue weighted by atomic mass is 10.0. The minimum atomic E-state index is -1.92. The van der Waals surface area contributed by atoms with Crippen LogP contribution in [-0.4, -0.2) is 79.9 Å². The monoisotopic (exact) mass is 508 g/mol. The van der Waals surface area contributed by atoms with Crippen LogP contribution >= 0.6 is 0 Å². The minimum absolute atomic E-state index is 0.0364. The van der Waals surface area contributed by atoms with Gasteiger partial charge in [-0.2, -0.15) is 0 Å². The summed E-state index contributed by atoms with van der Waals surface area (Å²) in [5.74, 6) is -2.40. The molecule has 1 aliphatic rings. The molecule has 1 aromatic heterocycles. The van der Waals surface area contributed by atoms with Crippen molar-refractivity contribution in [3.05, 3.63) is 40.6 Å². The predicted molar refractivity (Wildman–Crippen MR) is 116 cm³/mol. The molecule has 0 saturated carbocycles. The zero-order chi connectivity index (χ0) is 26.3. The fourth-order valence-electron chi connectivity index (χ4n) is 3.62. The third-order valence-electron chi connectivity index (χ3n) is 5.35. The van der Waals surface area contributed by atoms with E-state index in [1.54, 1.807) is 0 Å². The molecular weight excluding hydrogens is 488 g/mol. The highest BCUT2D eigenvalue weighted by atomic mass is 16.8. The number of phenolic OH excluding ortho intramolecular Hbond substituents is 2. The highest BCUT2D eigenvalue weighted by molar-refractivity contribution is 5.88. The second-order valence-electron chi connectivity index (χ2n) is 7.66. The fourth-order valence-corrected chi connectivity index (χ4v) is 3.62. The second-order valence-corrected chi connectivity index (χ2v) is 7.66. The van der Waals surface area contributed by atoms with Crippen molar-refractivity contribution in [2.45, 2.75) is 30.9 Å². The van der Waals surface area contributed by atoms with Crippen LogP contribution in [0.15, 0.2) is 39.5 Å². The van der Waals surface area contributed by atoms with Gasteiger partial charge in [0, 0.05) is 17.7 Å². The number of hydrogen-bond acceptors (Lipinski definition) is 13. The van der Waals surface area contributed by atoms with E-state index >= 15 is 0 Å². The van der Waals surface area contributed by atoms with Crippen LogP contribution in [-0.2, 0) is 9.47 Å². The van der Waals surface area contributed by atoms with Crippen molar-refractivity contribution in [2.75, 3.05) is 7.11 Å². The van der Waals surface area contributed by atoms with Crippen LogP contribution in [0.4, 0.5) is 4.79 Å². The Hall–Kier alpha value is -4.24. The molecule has 1 fully saturated rings. The lowest BCUT2D eigenvalue weighted by Crippen LogP contribution is -2.60. The number of rotatable bonds is 5. The Balaban J connectivity index is 1.75. The fraction of sp³-hybridized carbons (Fsp3) is 0.273. The summed E-state index contributed by atoms with van der Waals surface area (Å²) in [6, 6.07) is 5.86. The van der Waals surface area contributed by atoms with Gasteiger partial charge in [0.2, 0.25) is 23.8 Å². The van der Waals surface area contributed by atoms with Crippen molar-refractivity contribution < 1.29 is 63.9 Å². The van der Waals surface area contributed by atoms with E-state index in [4.69, 9.17) is 23.7 Å². The van der Waals surface area contributed by atoms with Gasteiger partial charge in [0.15, 0.2) is 17.3 Å². The molecule has 192 valence electrons. The van der Waals surface area contributed by atoms with Crippen LogP contribution in [0.25, 0.3) is 22.3 Å². The van der Waals surface area contributed by atoms with E-state index < -0.39 is 59.7 Å². The number of aliphatic hydroxyl groups is 3. The summed E-state index contributed by atoms with van der Waals surface area (Å²) in [5, 5.41) is 68.8. The maximum Gasteiger partial charge on any atom is 0.508 e. The molecule has 14 heteroatoms. The minimum Gasteiger partial charge on any atom is -0.508 e. The molecule has 2 heterocycles. The molecule has 0 spiro atoms. The maximum atomic E-state index is 12.6. The number of aliphatic hydroxyl groups excluding tert-OH is 3. The molecule has 5 unspecified atom stereocenters. The molecule has 1 saturated heterocycles. The first-order valence-corrected chi connectivity index (χ1v) is 10.2. The highest BCUT2D eigenvalue weighted by Crippen LogP contribution is 2.39. The number of benzene rings is 2. The summed E-state index contributed by atoms with van der Waals surface area (Å²) in [4.78, 5) is 23.5. The van der Waals surface area contributed by atoms with Gasteiger partial charge in [0.25, 0.3) is 0 Å². The molecule has 2 aromatic carbocycles. The molecule has 0 aliphatic carbocycles. The van der Waals surface area contributed by atoms with Gasteiger partial charge < -0.3 is 54.4 Å². The lowest BCUT2D eigenvalue weighted by molar-refractivity contribution is -0.321. The van der Waals surface area contributed by atoms with Gasteiger partial charge in [0.1, 0.15) is 40.8 Å². The lowest BCUT2D eigenvalue weighted by Gasteiger charge is -2.39. The molecular formula is C22H20O14. The SMILES string of the molecule is COc1ccc(-c2oc3cc(O)cc(O)c3c(=O)c2O)cc1OC1OC(OC(=O)O)C(O)C(O)C1O. The predicted octanol–water partition coefficient (Wildman–Crippen LogP) is 0.424. The summed E-state index contributed by atoms with van der Waals surface area (Å²) < 4.78 is 25.8. The van der Waals surface area contributed by atoms with E-state index in [9.17, 15) is 40.2 Å². The molecule has 36 heavy (non-hydrogen) atoms. The van der Waals surface area contributed by atoms with Crippen LogP contribution in [0.3, 0.4) is 0 Å². The smallest absolute Gasteiger partial charge is 0.508 e. The molecule has 4 rings (SSSR count). The molecule has 0 bridgehead atoms. The van der Waals surface area contributed by atoms with Crippen LogP contribution in [0.5, 0.6) is 28.7 Å². The number of carboxylic acid groups (broad SMARTS) is 1. The van der Waals surface area contributed by atoms with E-state index in [0.29, 0.717) is 0 Å². The van der Waals surface area contributed by atoms with Crippen molar-refractivity contribution in [3.63, 3.8) is 0 Å². The number of carbonyl (C=O) groups is 1. The first-order valence-electron chi connectivity index (χ1n) is 10.2. The van der Waals surface area contributed by atoms with Crippen LogP contribution in [0, 0.1) is 0 Å². The second kappa shape index (κ2) is 9.43. The van der Waals surface area contributed by atoms with E-state index in [1.807, 2.05) is 0 Å². The van der Waals surface area contributed by atoms with Crippen molar-refractivity contribution in [1.29, 1.82) is 0 Å². The molecule has 0 radical (unpaired) electrons. The van der Waals surface area contributed by atoms with Crippen LogP contribution in [0.1, 0.15) is 0 Å². The zero-order valence-corrected chi connectivity index (χ0v) is 18.3.